The summed E-state index contributed by atoms with van der Waals surface area (Å²) < 4.78 is 6.03. The van der Waals surface area contributed by atoms with Crippen molar-refractivity contribution in [1.82, 2.24) is 10.2 Å². The Kier molecular flexibility index (Phi) is 4.11. The van der Waals surface area contributed by atoms with Gasteiger partial charge in [0.1, 0.15) is 4.49 Å². The lowest BCUT2D eigenvalue weighted by molar-refractivity contribution is 0.461. The van der Waals surface area contributed by atoms with Gasteiger partial charge >= 0.3 is 0 Å². The molecule has 0 aliphatic heterocycles. The van der Waals surface area contributed by atoms with E-state index < -0.39 is 0 Å². The van der Waals surface area contributed by atoms with Crippen molar-refractivity contribution >= 4 is 35.4 Å². The molecule has 1 aromatic heterocycles. The van der Waals surface area contributed by atoms with Crippen molar-refractivity contribution in [2.24, 2.45) is 11.3 Å². The Hall–Kier alpha value is -1.58. The van der Waals surface area contributed by atoms with Crippen molar-refractivity contribution in [3.63, 3.8) is 0 Å². The maximum Gasteiger partial charge on any atom is 0.240 e. The Labute approximate surface area is 139 Å². The zero-order chi connectivity index (χ0) is 15.7. The van der Waals surface area contributed by atoms with E-state index in [1.54, 1.807) is 0 Å². The van der Waals surface area contributed by atoms with Gasteiger partial charge in [-0.05, 0) is 29.0 Å². The molecule has 1 aliphatic carbocycles. The van der Waals surface area contributed by atoms with Gasteiger partial charge in [0.2, 0.25) is 11.8 Å². The van der Waals surface area contributed by atoms with E-state index in [1.165, 1.54) is 0 Å². The van der Waals surface area contributed by atoms with Crippen molar-refractivity contribution < 1.29 is 4.42 Å². The Morgan fingerprint density at radius 2 is 1.86 bits per heavy atom. The first-order chi connectivity index (χ1) is 10.5. The molecule has 114 valence electrons. The zero-order valence-corrected chi connectivity index (χ0v) is 13.8. The molecule has 0 spiro atoms. The normalized spacial score (nSPS) is 22.7. The number of halogens is 2. The maximum absolute atomic E-state index is 5.76. The summed E-state index contributed by atoms with van der Waals surface area (Å²) in [6, 6.07) is 9.98. The number of aromatic nitrogens is 2. The third kappa shape index (κ3) is 3.11. The summed E-state index contributed by atoms with van der Waals surface area (Å²) in [6.45, 7) is 4.28. The largest absolute Gasteiger partial charge is 0.421 e. The number of hydrogen-bond donors (Lipinski definition) is 0. The second-order valence-electron chi connectivity index (χ2n) is 6.00. The van der Waals surface area contributed by atoms with Crippen LogP contribution in [-0.2, 0) is 0 Å². The second-order valence-corrected chi connectivity index (χ2v) is 7.01. The fraction of sp³-hybridized carbons (Fsp3) is 0.294. The van der Waals surface area contributed by atoms with E-state index >= 15 is 0 Å². The highest BCUT2D eigenvalue weighted by atomic mass is 35.5. The topological polar surface area (TPSA) is 38.9 Å². The van der Waals surface area contributed by atoms with Crippen LogP contribution in [0.3, 0.4) is 0 Å². The van der Waals surface area contributed by atoms with Gasteiger partial charge in [0.25, 0.3) is 0 Å². The summed E-state index contributed by atoms with van der Waals surface area (Å²) in [5.41, 5.74) is 1.12. The van der Waals surface area contributed by atoms with Gasteiger partial charge in [0.15, 0.2) is 0 Å². The van der Waals surface area contributed by atoms with Gasteiger partial charge in [-0.3, -0.25) is 0 Å². The van der Waals surface area contributed by atoms with Gasteiger partial charge in [-0.25, -0.2) is 0 Å². The summed E-state index contributed by atoms with van der Waals surface area (Å²) in [5, 5.41) is 8.24. The fourth-order valence-electron chi connectivity index (χ4n) is 2.77. The number of benzene rings is 1. The summed E-state index contributed by atoms with van der Waals surface area (Å²) >= 11 is 11.5. The predicted molar refractivity (Wildman–Crippen MR) is 89.5 cm³/mol. The van der Waals surface area contributed by atoms with Gasteiger partial charge in [-0.15, -0.1) is 10.2 Å². The zero-order valence-electron chi connectivity index (χ0n) is 12.3. The Morgan fingerprint density at radius 1 is 1.14 bits per heavy atom. The Morgan fingerprint density at radius 3 is 2.55 bits per heavy atom. The lowest BCUT2D eigenvalue weighted by Gasteiger charge is -1.96. The molecule has 1 fully saturated rings. The van der Waals surface area contributed by atoms with E-state index in [-0.39, 0.29) is 21.7 Å². The standard InChI is InChI=1S/C17H16Cl2N2O/c1-17(2)12(10-13(18)19)15(17)16-21-20-14(22-16)9-8-11-6-4-3-5-7-11/h3-10,12,15H,1-2H3/b9-8+/t12-,15+/m0/s1. The molecule has 22 heavy (non-hydrogen) atoms. The lowest BCUT2D eigenvalue weighted by Crippen LogP contribution is -1.90. The van der Waals surface area contributed by atoms with E-state index in [0.717, 1.165) is 5.56 Å². The van der Waals surface area contributed by atoms with E-state index in [2.05, 4.69) is 24.0 Å². The smallest absolute Gasteiger partial charge is 0.240 e. The maximum atomic E-state index is 5.76. The van der Waals surface area contributed by atoms with Crippen LogP contribution in [0.1, 0.15) is 37.1 Å². The van der Waals surface area contributed by atoms with Crippen LogP contribution in [0.5, 0.6) is 0 Å². The van der Waals surface area contributed by atoms with Crippen LogP contribution in [0, 0.1) is 11.3 Å². The molecule has 3 rings (SSSR count). The molecule has 2 atom stereocenters. The fourth-order valence-corrected chi connectivity index (χ4v) is 3.04. The average Bonchev–Trinajstić information content (AvgIpc) is 2.85. The predicted octanol–water partition coefficient (Wildman–Crippen LogP) is 5.30. The van der Waals surface area contributed by atoms with Gasteiger partial charge in [0.05, 0.1) is 0 Å². The average molecular weight is 335 g/mol. The first-order valence-electron chi connectivity index (χ1n) is 7.08. The Bertz CT molecular complexity index is 715. The summed E-state index contributed by atoms with van der Waals surface area (Å²) in [4.78, 5) is 0. The quantitative estimate of drug-likeness (QED) is 0.761. The Balaban J connectivity index is 1.75. The summed E-state index contributed by atoms with van der Waals surface area (Å²) in [6.07, 6.45) is 5.61. The minimum Gasteiger partial charge on any atom is -0.421 e. The van der Waals surface area contributed by atoms with Gasteiger partial charge < -0.3 is 4.42 Å². The van der Waals surface area contributed by atoms with Crippen molar-refractivity contribution in [1.29, 1.82) is 0 Å². The molecule has 2 aromatic rings. The van der Waals surface area contributed by atoms with Crippen LogP contribution in [0.2, 0.25) is 0 Å². The molecule has 1 aliphatic rings. The van der Waals surface area contributed by atoms with Crippen LogP contribution in [0.25, 0.3) is 12.2 Å². The van der Waals surface area contributed by atoms with Crippen LogP contribution in [-0.4, -0.2) is 10.2 Å². The molecule has 0 saturated heterocycles. The second kappa shape index (κ2) is 5.90. The minimum absolute atomic E-state index is 0.0297. The first-order valence-corrected chi connectivity index (χ1v) is 7.83. The number of rotatable bonds is 4. The third-order valence-electron chi connectivity index (χ3n) is 4.16. The molecule has 0 bridgehead atoms. The molecule has 1 saturated carbocycles. The van der Waals surface area contributed by atoms with Crippen LogP contribution < -0.4 is 0 Å². The molecule has 3 nitrogen and oxygen atoms in total. The molecule has 0 radical (unpaired) electrons. The highest BCUT2D eigenvalue weighted by Crippen LogP contribution is 2.65. The molecule has 1 heterocycles. The number of nitrogens with zero attached hydrogens (tertiary/aromatic N) is 2. The molecule has 0 N–H and O–H groups in total. The van der Waals surface area contributed by atoms with Crippen molar-refractivity contribution in [2.75, 3.05) is 0 Å². The third-order valence-corrected chi connectivity index (χ3v) is 4.41. The molecule has 1 aromatic carbocycles. The van der Waals surface area contributed by atoms with E-state index in [1.807, 2.05) is 48.6 Å². The highest BCUT2D eigenvalue weighted by Gasteiger charge is 2.60. The summed E-state index contributed by atoms with van der Waals surface area (Å²) in [7, 11) is 0. The minimum atomic E-state index is 0.0297. The lowest BCUT2D eigenvalue weighted by atomic mass is 10.1. The van der Waals surface area contributed by atoms with Crippen LogP contribution >= 0.6 is 23.2 Å². The molecule has 0 unspecified atom stereocenters. The van der Waals surface area contributed by atoms with Gasteiger partial charge in [0, 0.05) is 12.0 Å². The first kappa shape index (κ1) is 15.3. The van der Waals surface area contributed by atoms with E-state index in [4.69, 9.17) is 27.6 Å². The molecule has 0 amide bonds. The van der Waals surface area contributed by atoms with Gasteiger partial charge in [-0.2, -0.15) is 0 Å². The summed E-state index contributed by atoms with van der Waals surface area (Å²) in [5.74, 6) is 1.52. The SMILES string of the molecule is CC1(C)[C@@H](C=C(Cl)Cl)[C@@H]1c1nnc(/C=C/c2ccccc2)o1. The van der Waals surface area contributed by atoms with Gasteiger partial charge in [-0.1, -0.05) is 67.4 Å². The van der Waals surface area contributed by atoms with Crippen molar-refractivity contribution in [3.8, 4) is 0 Å². The van der Waals surface area contributed by atoms with E-state index in [0.29, 0.717) is 11.8 Å². The van der Waals surface area contributed by atoms with Crippen LogP contribution in [0.4, 0.5) is 0 Å². The molecular weight excluding hydrogens is 319 g/mol. The monoisotopic (exact) mass is 334 g/mol. The van der Waals surface area contributed by atoms with Crippen molar-refractivity contribution in [3.05, 3.63) is 58.2 Å². The highest BCUT2D eigenvalue weighted by molar-refractivity contribution is 6.55. The molecular formula is C17H16Cl2N2O. The van der Waals surface area contributed by atoms with E-state index in [9.17, 15) is 0 Å². The van der Waals surface area contributed by atoms with Crippen LogP contribution in [0.15, 0.2) is 45.3 Å². The van der Waals surface area contributed by atoms with Crippen molar-refractivity contribution in [2.45, 2.75) is 19.8 Å². The number of hydrogen-bond acceptors (Lipinski definition) is 3. The molecule has 5 heteroatoms. The number of allylic oxidation sites excluding steroid dienone is 1.